The molecule has 0 spiro atoms. The quantitative estimate of drug-likeness (QED) is 0.667. The standard InChI is InChI=1S/C22H27FN2O5S/c1-16(2)17-3-6-19(7-4-17)30-12-9-22(26)24-18-5-8-20(23)21(15-18)31(27,28)25-10-13-29-14-11-25/h3-8,15-16H,9-14H2,1-2H3,(H,24,26). The first-order valence-corrected chi connectivity index (χ1v) is 11.6. The van der Waals surface area contributed by atoms with Gasteiger partial charge in [0.2, 0.25) is 15.9 Å². The largest absolute Gasteiger partial charge is 0.493 e. The van der Waals surface area contributed by atoms with Crippen molar-refractivity contribution in [3.05, 3.63) is 53.8 Å². The third kappa shape index (κ3) is 6.03. The summed E-state index contributed by atoms with van der Waals surface area (Å²) in [5.41, 5.74) is 1.41. The maximum absolute atomic E-state index is 14.3. The molecule has 3 rings (SSSR count). The fraction of sp³-hybridized carbons (Fsp3) is 0.409. The van der Waals surface area contributed by atoms with Gasteiger partial charge in [0.15, 0.2) is 0 Å². The van der Waals surface area contributed by atoms with Gasteiger partial charge in [0.05, 0.1) is 26.2 Å². The highest BCUT2D eigenvalue weighted by Gasteiger charge is 2.29. The van der Waals surface area contributed by atoms with Crippen LogP contribution in [0.3, 0.4) is 0 Å². The molecule has 1 amide bonds. The fourth-order valence-electron chi connectivity index (χ4n) is 3.14. The predicted molar refractivity (Wildman–Crippen MR) is 115 cm³/mol. The van der Waals surface area contributed by atoms with Crippen molar-refractivity contribution in [1.82, 2.24) is 4.31 Å². The number of carbonyl (C=O) groups excluding carboxylic acids is 1. The number of ether oxygens (including phenoxy) is 2. The van der Waals surface area contributed by atoms with Gasteiger partial charge in [-0.15, -0.1) is 0 Å². The minimum absolute atomic E-state index is 0.0643. The molecule has 0 aliphatic carbocycles. The predicted octanol–water partition coefficient (Wildman–Crippen LogP) is 3.38. The highest BCUT2D eigenvalue weighted by molar-refractivity contribution is 7.89. The van der Waals surface area contributed by atoms with Crippen LogP contribution < -0.4 is 10.1 Å². The zero-order valence-corrected chi connectivity index (χ0v) is 18.5. The van der Waals surface area contributed by atoms with Crippen LogP contribution in [0, 0.1) is 5.82 Å². The average molecular weight is 451 g/mol. The molecule has 0 radical (unpaired) electrons. The van der Waals surface area contributed by atoms with Crippen LogP contribution in [0.4, 0.5) is 10.1 Å². The molecule has 0 aromatic heterocycles. The molecular weight excluding hydrogens is 423 g/mol. The number of carbonyl (C=O) groups is 1. The Bertz CT molecular complexity index is 1000. The molecule has 31 heavy (non-hydrogen) atoms. The molecular formula is C22H27FN2O5S. The molecule has 0 atom stereocenters. The van der Waals surface area contributed by atoms with E-state index in [0.29, 0.717) is 11.7 Å². The molecule has 1 saturated heterocycles. The van der Waals surface area contributed by atoms with E-state index < -0.39 is 20.7 Å². The van der Waals surface area contributed by atoms with Gasteiger partial charge in [-0.05, 0) is 41.8 Å². The number of anilines is 1. The summed E-state index contributed by atoms with van der Waals surface area (Å²) in [5.74, 6) is -0.136. The molecule has 0 saturated carbocycles. The number of benzene rings is 2. The van der Waals surface area contributed by atoms with Crippen LogP contribution in [-0.4, -0.2) is 51.5 Å². The maximum Gasteiger partial charge on any atom is 0.246 e. The average Bonchev–Trinajstić information content (AvgIpc) is 2.76. The minimum Gasteiger partial charge on any atom is -0.493 e. The molecule has 0 bridgehead atoms. The van der Waals surface area contributed by atoms with Crippen LogP contribution in [0.2, 0.25) is 0 Å². The zero-order chi connectivity index (χ0) is 22.4. The SMILES string of the molecule is CC(C)c1ccc(OCCC(=O)Nc2ccc(F)c(S(=O)(=O)N3CCOCC3)c2)cc1. The van der Waals surface area contributed by atoms with Crippen molar-refractivity contribution < 1.29 is 27.1 Å². The summed E-state index contributed by atoms with van der Waals surface area (Å²) in [4.78, 5) is 11.8. The zero-order valence-electron chi connectivity index (χ0n) is 17.6. The first-order chi connectivity index (χ1) is 14.8. The lowest BCUT2D eigenvalue weighted by Gasteiger charge is -2.26. The van der Waals surface area contributed by atoms with Gasteiger partial charge in [-0.2, -0.15) is 4.31 Å². The first kappa shape index (κ1) is 23.2. The number of nitrogens with one attached hydrogen (secondary N) is 1. The van der Waals surface area contributed by atoms with Crippen LogP contribution >= 0.6 is 0 Å². The van der Waals surface area contributed by atoms with E-state index in [1.165, 1.54) is 15.9 Å². The van der Waals surface area contributed by atoms with Crippen molar-refractivity contribution >= 4 is 21.6 Å². The number of rotatable bonds is 8. The van der Waals surface area contributed by atoms with Gasteiger partial charge < -0.3 is 14.8 Å². The Hall–Kier alpha value is -2.49. The van der Waals surface area contributed by atoms with Crippen LogP contribution in [-0.2, 0) is 19.6 Å². The lowest BCUT2D eigenvalue weighted by molar-refractivity contribution is -0.116. The van der Waals surface area contributed by atoms with E-state index in [2.05, 4.69) is 19.2 Å². The van der Waals surface area contributed by atoms with E-state index in [-0.39, 0.29) is 50.9 Å². The van der Waals surface area contributed by atoms with Crippen LogP contribution in [0.1, 0.15) is 31.7 Å². The van der Waals surface area contributed by atoms with Crippen LogP contribution in [0.25, 0.3) is 0 Å². The summed E-state index contributed by atoms with van der Waals surface area (Å²) >= 11 is 0. The maximum atomic E-state index is 14.3. The van der Waals surface area contributed by atoms with Gasteiger partial charge >= 0.3 is 0 Å². The van der Waals surface area contributed by atoms with Crippen molar-refractivity contribution in [2.75, 3.05) is 38.2 Å². The topological polar surface area (TPSA) is 84.9 Å². The summed E-state index contributed by atoms with van der Waals surface area (Å²) in [7, 11) is -4.01. The second kappa shape index (κ2) is 10.2. The molecule has 1 N–H and O–H groups in total. The van der Waals surface area contributed by atoms with Gasteiger partial charge in [0.25, 0.3) is 0 Å². The molecule has 2 aromatic carbocycles. The number of amides is 1. The third-order valence-electron chi connectivity index (χ3n) is 4.95. The summed E-state index contributed by atoms with van der Waals surface area (Å²) < 4.78 is 51.7. The monoisotopic (exact) mass is 450 g/mol. The Labute approximate surface area is 182 Å². The minimum atomic E-state index is -4.01. The number of nitrogens with zero attached hydrogens (tertiary/aromatic N) is 1. The van der Waals surface area contributed by atoms with Crippen molar-refractivity contribution in [3.63, 3.8) is 0 Å². The first-order valence-electron chi connectivity index (χ1n) is 10.2. The molecule has 1 fully saturated rings. The number of hydrogen-bond donors (Lipinski definition) is 1. The third-order valence-corrected chi connectivity index (χ3v) is 6.86. The molecule has 7 nitrogen and oxygen atoms in total. The van der Waals surface area contributed by atoms with E-state index in [1.807, 2.05) is 24.3 Å². The van der Waals surface area contributed by atoms with Crippen molar-refractivity contribution in [1.29, 1.82) is 0 Å². The Morgan fingerprint density at radius 1 is 1.16 bits per heavy atom. The van der Waals surface area contributed by atoms with E-state index in [0.717, 1.165) is 12.1 Å². The molecule has 168 valence electrons. The van der Waals surface area contributed by atoms with E-state index in [4.69, 9.17) is 9.47 Å². The summed E-state index contributed by atoms with van der Waals surface area (Å²) in [6, 6.07) is 11.2. The Morgan fingerprint density at radius 3 is 2.48 bits per heavy atom. The highest BCUT2D eigenvalue weighted by Crippen LogP contribution is 2.24. The van der Waals surface area contributed by atoms with Gasteiger partial charge in [-0.3, -0.25) is 4.79 Å². The van der Waals surface area contributed by atoms with E-state index in [9.17, 15) is 17.6 Å². The van der Waals surface area contributed by atoms with Crippen LogP contribution in [0.15, 0.2) is 47.4 Å². The fourth-order valence-corrected chi connectivity index (χ4v) is 4.64. The van der Waals surface area contributed by atoms with Gasteiger partial charge in [0, 0.05) is 18.8 Å². The highest BCUT2D eigenvalue weighted by atomic mass is 32.2. The van der Waals surface area contributed by atoms with Crippen molar-refractivity contribution in [2.45, 2.75) is 31.1 Å². The van der Waals surface area contributed by atoms with Crippen molar-refractivity contribution in [3.8, 4) is 5.75 Å². The molecule has 1 aliphatic heterocycles. The Morgan fingerprint density at radius 2 is 1.84 bits per heavy atom. The van der Waals surface area contributed by atoms with E-state index >= 15 is 0 Å². The van der Waals surface area contributed by atoms with Gasteiger partial charge in [-0.1, -0.05) is 26.0 Å². The van der Waals surface area contributed by atoms with Gasteiger partial charge in [-0.25, -0.2) is 12.8 Å². The Balaban J connectivity index is 1.58. The lowest BCUT2D eigenvalue weighted by Crippen LogP contribution is -2.40. The molecule has 9 heteroatoms. The number of morpholine rings is 1. The van der Waals surface area contributed by atoms with Crippen molar-refractivity contribution in [2.24, 2.45) is 0 Å². The second-order valence-corrected chi connectivity index (χ2v) is 9.44. The molecule has 0 unspecified atom stereocenters. The van der Waals surface area contributed by atoms with Crippen LogP contribution in [0.5, 0.6) is 5.75 Å². The lowest BCUT2D eigenvalue weighted by atomic mass is 10.0. The molecule has 2 aromatic rings. The Kier molecular flexibility index (Phi) is 7.64. The summed E-state index contributed by atoms with van der Waals surface area (Å²) in [6.07, 6.45) is 0.0643. The second-order valence-electron chi connectivity index (χ2n) is 7.53. The van der Waals surface area contributed by atoms with Gasteiger partial charge in [0.1, 0.15) is 16.5 Å². The number of hydrogen-bond acceptors (Lipinski definition) is 5. The number of sulfonamides is 1. The molecule has 1 aliphatic rings. The number of halogens is 1. The smallest absolute Gasteiger partial charge is 0.246 e. The molecule has 1 heterocycles. The van der Waals surface area contributed by atoms with E-state index in [1.54, 1.807) is 0 Å². The summed E-state index contributed by atoms with van der Waals surface area (Å²) in [6.45, 7) is 5.21. The normalized spacial score (nSPS) is 15.1. The summed E-state index contributed by atoms with van der Waals surface area (Å²) in [5, 5.41) is 2.60.